The van der Waals surface area contributed by atoms with Gasteiger partial charge < -0.3 is 53.3 Å². The molecule has 0 aliphatic carbocycles. The van der Waals surface area contributed by atoms with Gasteiger partial charge in [0.1, 0.15) is 37.1 Å². The first-order chi connectivity index (χ1) is 41.9. The maximum atomic E-state index is 14.5. The van der Waals surface area contributed by atoms with E-state index in [-0.39, 0.29) is 63.5 Å². The summed E-state index contributed by atoms with van der Waals surface area (Å²) in [6.45, 7) is 11.6. The van der Waals surface area contributed by atoms with E-state index >= 15 is 0 Å². The van der Waals surface area contributed by atoms with Gasteiger partial charge in [0.05, 0.1) is 45.3 Å². The van der Waals surface area contributed by atoms with Crippen LogP contribution >= 0.6 is 34.8 Å². The zero-order valence-electron chi connectivity index (χ0n) is 54.3. The third kappa shape index (κ3) is 38.5. The maximum Gasteiger partial charge on any atom is 0.407 e. The summed E-state index contributed by atoms with van der Waals surface area (Å²) in [5.41, 5.74) is 0.911. The standard InChI is InChI=1S/C68H115Cl3N2O14/c1-7-11-15-19-23-25-27-29-36-42-55(83-59(75)44-38-31-21-17-13-9-3)46-58(74)72-54(49-79-48-53-40-34-33-35-41-53)50-80-65-62(73-66(78)81-52-68(69,70)71)64(63-57(85-65)51-82-67(5,6)87-63)86-61(77)47-56(43-37-30-28-26-24-20-16-12-8-2)84-60(76)45-39-32-22-18-14-10-4/h33-35,40-41,54-57,62-65H,7-32,36-39,42-52H2,1-6H3,(H,72,74)(H,73,78)/t54-,55+,56+,57+,62+,63+,64+,65?/m0/s1. The summed E-state index contributed by atoms with van der Waals surface area (Å²) >= 11 is 18.1. The molecule has 16 nitrogen and oxygen atoms in total. The van der Waals surface area contributed by atoms with Crippen LogP contribution in [-0.2, 0) is 68.4 Å². The molecule has 0 saturated carbocycles. The van der Waals surface area contributed by atoms with Crippen LogP contribution in [0.15, 0.2) is 30.3 Å². The molecular formula is C68H115Cl3N2O14. The molecule has 0 bridgehead atoms. The lowest BCUT2D eigenvalue weighted by Crippen LogP contribution is -2.69. The molecule has 1 aromatic rings. The minimum Gasteiger partial charge on any atom is -0.462 e. The Morgan fingerprint density at radius 2 is 1.08 bits per heavy atom. The molecule has 2 saturated heterocycles. The highest BCUT2D eigenvalue weighted by Crippen LogP contribution is 2.35. The molecule has 2 heterocycles. The van der Waals surface area contributed by atoms with E-state index in [9.17, 15) is 24.0 Å². The van der Waals surface area contributed by atoms with E-state index in [2.05, 4.69) is 38.3 Å². The average molecular weight is 1290 g/mol. The molecular weight excluding hydrogens is 1180 g/mol. The van der Waals surface area contributed by atoms with Crippen LogP contribution in [0.2, 0.25) is 0 Å². The van der Waals surface area contributed by atoms with Crippen molar-refractivity contribution in [3.05, 3.63) is 35.9 Å². The molecule has 2 fully saturated rings. The van der Waals surface area contributed by atoms with E-state index in [0.29, 0.717) is 25.7 Å². The Morgan fingerprint density at radius 1 is 0.609 bits per heavy atom. The van der Waals surface area contributed by atoms with Gasteiger partial charge in [-0.05, 0) is 57.9 Å². The van der Waals surface area contributed by atoms with Crippen LogP contribution in [0.5, 0.6) is 0 Å². The number of carbonyl (C=O) groups excluding carboxylic acids is 5. The first kappa shape index (κ1) is 78.3. The van der Waals surface area contributed by atoms with Crippen LogP contribution in [0.25, 0.3) is 0 Å². The summed E-state index contributed by atoms with van der Waals surface area (Å²) in [6.07, 6.45) is 26.5. The van der Waals surface area contributed by atoms with Crippen LogP contribution in [-0.4, -0.2) is 115 Å². The maximum absolute atomic E-state index is 14.5. The number of alkyl halides is 3. The number of fused-ring (bicyclic) bond motifs is 1. The number of nitrogens with one attached hydrogen (secondary N) is 2. The summed E-state index contributed by atoms with van der Waals surface area (Å²) in [5.74, 6) is -2.92. The zero-order chi connectivity index (χ0) is 63.4. The summed E-state index contributed by atoms with van der Waals surface area (Å²) in [4.78, 5) is 69.3. The molecule has 2 N–H and O–H groups in total. The van der Waals surface area contributed by atoms with Crippen LogP contribution in [0, 0.1) is 0 Å². The van der Waals surface area contributed by atoms with Crippen LogP contribution in [0.3, 0.4) is 0 Å². The number of benzene rings is 1. The lowest BCUT2D eigenvalue weighted by molar-refractivity contribution is -0.369. The SMILES string of the molecule is CCCCCCCCCCC[C@H](CC(=O)N[C@@H](COCc1ccccc1)COC1O[C@@H]2COC(C)(C)O[C@H]2[C@H](OC(=O)C[C@@H](CCCCCCCCCCC)OC(=O)CCCCCCCC)[C@H]1NC(=O)OCC(Cl)(Cl)Cl)OC(=O)CCCCCCCC. The van der Waals surface area contributed by atoms with Gasteiger partial charge in [0.15, 0.2) is 18.2 Å². The van der Waals surface area contributed by atoms with E-state index in [0.717, 1.165) is 121 Å². The Hall–Kier alpha value is -2.96. The smallest absolute Gasteiger partial charge is 0.407 e. The van der Waals surface area contributed by atoms with Gasteiger partial charge >= 0.3 is 24.0 Å². The number of alkyl carbamates (subject to hydrolysis) is 1. The number of ether oxygens (including phenoxy) is 9. The summed E-state index contributed by atoms with van der Waals surface area (Å²) in [7, 11) is 0. The Bertz CT molecular complexity index is 1960. The molecule has 87 heavy (non-hydrogen) atoms. The predicted molar refractivity (Wildman–Crippen MR) is 345 cm³/mol. The van der Waals surface area contributed by atoms with E-state index < -0.39 is 77.1 Å². The van der Waals surface area contributed by atoms with Gasteiger partial charge in [-0.25, -0.2) is 4.79 Å². The quantitative estimate of drug-likeness (QED) is 0.0271. The molecule has 0 spiro atoms. The number of amides is 2. The van der Waals surface area contributed by atoms with E-state index in [4.69, 9.17) is 77.4 Å². The summed E-state index contributed by atoms with van der Waals surface area (Å²) < 4.78 is 53.9. The van der Waals surface area contributed by atoms with Crippen molar-refractivity contribution in [2.24, 2.45) is 0 Å². The third-order valence-electron chi connectivity index (χ3n) is 16.0. The minimum atomic E-state index is -1.96. The van der Waals surface area contributed by atoms with Gasteiger partial charge in [-0.2, -0.15) is 0 Å². The van der Waals surface area contributed by atoms with E-state index in [1.165, 1.54) is 70.6 Å². The Labute approximate surface area is 539 Å². The first-order valence-electron chi connectivity index (χ1n) is 34.0. The van der Waals surface area contributed by atoms with Crippen LogP contribution in [0.4, 0.5) is 4.79 Å². The fourth-order valence-electron chi connectivity index (χ4n) is 11.1. The molecule has 0 radical (unpaired) electrons. The number of rotatable bonds is 51. The van der Waals surface area contributed by atoms with Gasteiger partial charge in [0.2, 0.25) is 9.70 Å². The molecule has 2 amide bonds. The number of hydrogen-bond acceptors (Lipinski definition) is 14. The van der Waals surface area contributed by atoms with Crippen molar-refractivity contribution in [3.8, 4) is 0 Å². The molecule has 1 aromatic carbocycles. The molecule has 0 aromatic heterocycles. The van der Waals surface area contributed by atoms with E-state index in [1.807, 2.05) is 30.3 Å². The summed E-state index contributed by atoms with van der Waals surface area (Å²) in [5, 5.41) is 5.85. The van der Waals surface area contributed by atoms with Crippen molar-refractivity contribution in [3.63, 3.8) is 0 Å². The molecule has 19 heteroatoms. The van der Waals surface area contributed by atoms with Gasteiger partial charge in [0, 0.05) is 12.8 Å². The largest absolute Gasteiger partial charge is 0.462 e. The topological polar surface area (TPSA) is 192 Å². The molecule has 3 rings (SSSR count). The van der Waals surface area contributed by atoms with Crippen molar-refractivity contribution in [2.45, 2.75) is 338 Å². The van der Waals surface area contributed by atoms with Crippen LogP contribution < -0.4 is 10.6 Å². The second-order valence-corrected chi connectivity index (χ2v) is 27.2. The highest BCUT2D eigenvalue weighted by molar-refractivity contribution is 6.67. The Balaban J connectivity index is 1.91. The van der Waals surface area contributed by atoms with Crippen molar-refractivity contribution in [1.29, 1.82) is 0 Å². The molecule has 2 aliphatic rings. The normalized spacial score (nSPS) is 19.3. The van der Waals surface area contributed by atoms with Crippen molar-refractivity contribution >= 4 is 64.7 Å². The van der Waals surface area contributed by atoms with Gasteiger partial charge in [-0.1, -0.05) is 260 Å². The molecule has 502 valence electrons. The fourth-order valence-corrected chi connectivity index (χ4v) is 11.2. The Morgan fingerprint density at radius 3 is 1.57 bits per heavy atom. The highest BCUT2D eigenvalue weighted by atomic mass is 35.6. The van der Waals surface area contributed by atoms with Crippen LogP contribution in [0.1, 0.15) is 278 Å². The van der Waals surface area contributed by atoms with Crippen molar-refractivity contribution in [1.82, 2.24) is 10.6 Å². The monoisotopic (exact) mass is 1290 g/mol. The molecule has 8 atom stereocenters. The predicted octanol–water partition coefficient (Wildman–Crippen LogP) is 16.9. The van der Waals surface area contributed by atoms with Gasteiger partial charge in [-0.3, -0.25) is 19.2 Å². The number of unbranched alkanes of at least 4 members (excludes halogenated alkanes) is 26. The first-order valence-corrected chi connectivity index (χ1v) is 35.2. The third-order valence-corrected chi connectivity index (χ3v) is 16.3. The fraction of sp³-hybridized carbons (Fsp3) is 0.838. The van der Waals surface area contributed by atoms with Gasteiger partial charge in [-0.15, -0.1) is 0 Å². The minimum absolute atomic E-state index is 0.00836. The number of halogens is 3. The number of hydrogen-bond donors (Lipinski definition) is 2. The Kier molecular flexibility index (Phi) is 43.1. The van der Waals surface area contributed by atoms with E-state index in [1.54, 1.807) is 13.8 Å². The summed E-state index contributed by atoms with van der Waals surface area (Å²) in [6, 6.07) is 7.46. The number of esters is 3. The average Bonchev–Trinajstić information content (AvgIpc) is 1.06. The zero-order valence-corrected chi connectivity index (χ0v) is 56.6. The van der Waals surface area contributed by atoms with Crippen molar-refractivity contribution in [2.75, 3.05) is 26.4 Å². The number of carbonyl (C=O) groups is 5. The molecule has 1 unspecified atom stereocenters. The van der Waals surface area contributed by atoms with Crippen molar-refractivity contribution < 1.29 is 66.6 Å². The lowest BCUT2D eigenvalue weighted by Gasteiger charge is -2.50. The second-order valence-electron chi connectivity index (χ2n) is 24.7. The second kappa shape index (κ2) is 47.9. The molecule has 2 aliphatic heterocycles. The highest BCUT2D eigenvalue weighted by Gasteiger charge is 2.54. The lowest BCUT2D eigenvalue weighted by atomic mass is 9.95. The van der Waals surface area contributed by atoms with Gasteiger partial charge in [0.25, 0.3) is 0 Å².